The van der Waals surface area contributed by atoms with Gasteiger partial charge in [-0.15, -0.1) is 0 Å². The third kappa shape index (κ3) is 12.3. The van der Waals surface area contributed by atoms with Crippen LogP contribution in [0, 0.1) is 0 Å². The Kier molecular flexibility index (Phi) is 14.0. The van der Waals surface area contributed by atoms with E-state index < -0.39 is 11.6 Å². The summed E-state index contributed by atoms with van der Waals surface area (Å²) in [6.45, 7) is 8.28. The number of amides is 2. The van der Waals surface area contributed by atoms with Crippen molar-refractivity contribution in [1.29, 1.82) is 0 Å². The molecule has 0 saturated carbocycles. The van der Waals surface area contributed by atoms with Gasteiger partial charge in [0.05, 0.1) is 31.2 Å². The smallest absolute Gasteiger partial charge is 0.326 e. The van der Waals surface area contributed by atoms with Crippen molar-refractivity contribution in [2.24, 2.45) is 4.99 Å². The standard InChI is InChI=1S/C44H52N4O6/c1-6-7-8-9-10-25-53-37-22-13-31(14-23-37)27-40-46-38-24-15-33(26-39(38)47-40)29-48(30-42(50)54-44(2,3)4)43(51)34-16-18-35(19-17-34)45-41(49)28-32-11-20-36(52-5)21-12-32/h11-18,20-24,26H,6-10,19,25,27-30H2,1-5H3,(H,46,47). The number of nitrogens with zero attached hydrogens (tertiary/aromatic N) is 3. The quantitative estimate of drug-likeness (QED) is 0.0856. The van der Waals surface area contributed by atoms with Crippen LogP contribution in [0.4, 0.5) is 0 Å². The molecule has 284 valence electrons. The maximum absolute atomic E-state index is 13.9. The summed E-state index contributed by atoms with van der Waals surface area (Å²) in [5.41, 5.74) is 4.69. The molecule has 54 heavy (non-hydrogen) atoms. The topological polar surface area (TPSA) is 123 Å². The van der Waals surface area contributed by atoms with Crippen LogP contribution in [-0.2, 0) is 38.5 Å². The van der Waals surface area contributed by atoms with E-state index in [2.05, 4.69) is 29.0 Å². The van der Waals surface area contributed by atoms with Gasteiger partial charge in [-0.25, -0.2) is 9.98 Å². The maximum atomic E-state index is 13.9. The molecule has 0 bridgehead atoms. The molecule has 10 nitrogen and oxygen atoms in total. The number of aromatic amines is 1. The Morgan fingerprint density at radius 1 is 0.870 bits per heavy atom. The van der Waals surface area contributed by atoms with Crippen LogP contribution in [-0.4, -0.2) is 64.2 Å². The predicted octanol–water partition coefficient (Wildman–Crippen LogP) is 8.28. The van der Waals surface area contributed by atoms with Gasteiger partial charge in [0.25, 0.3) is 5.91 Å². The first-order chi connectivity index (χ1) is 26.0. The molecule has 4 aromatic rings. The number of ether oxygens (including phenoxy) is 3. The summed E-state index contributed by atoms with van der Waals surface area (Å²) in [4.78, 5) is 53.5. The molecule has 0 saturated heterocycles. The number of carbonyl (C=O) groups is 3. The minimum Gasteiger partial charge on any atom is -0.497 e. The Balaban J connectivity index is 1.22. The Hall–Kier alpha value is -5.51. The Bertz CT molecular complexity index is 1980. The van der Waals surface area contributed by atoms with Gasteiger partial charge in [0, 0.05) is 30.7 Å². The molecule has 0 radical (unpaired) electrons. The lowest BCUT2D eigenvalue weighted by Crippen LogP contribution is -2.39. The van der Waals surface area contributed by atoms with Crippen LogP contribution in [0.25, 0.3) is 11.0 Å². The molecule has 10 heteroatoms. The van der Waals surface area contributed by atoms with Crippen LogP contribution in [0.15, 0.2) is 95.5 Å². The highest BCUT2D eigenvalue weighted by atomic mass is 16.6. The Morgan fingerprint density at radius 2 is 1.57 bits per heavy atom. The molecule has 0 aliphatic heterocycles. The highest BCUT2D eigenvalue weighted by Crippen LogP contribution is 2.21. The van der Waals surface area contributed by atoms with Gasteiger partial charge in [0.15, 0.2) is 0 Å². The van der Waals surface area contributed by atoms with Gasteiger partial charge in [-0.3, -0.25) is 14.4 Å². The second-order valence-corrected chi connectivity index (χ2v) is 14.6. The van der Waals surface area contributed by atoms with Gasteiger partial charge in [-0.2, -0.15) is 0 Å². The molecule has 0 fully saturated rings. The monoisotopic (exact) mass is 732 g/mol. The number of nitrogens with one attached hydrogen (secondary N) is 1. The van der Waals surface area contributed by atoms with Crippen molar-refractivity contribution in [3.8, 4) is 11.5 Å². The van der Waals surface area contributed by atoms with Crippen molar-refractivity contribution in [3.05, 3.63) is 113 Å². The fourth-order valence-corrected chi connectivity index (χ4v) is 6.11. The normalized spacial score (nSPS) is 13.5. The second kappa shape index (κ2) is 19.0. The van der Waals surface area contributed by atoms with Gasteiger partial charge >= 0.3 is 5.97 Å². The minimum absolute atomic E-state index is 0.157. The lowest BCUT2D eigenvalue weighted by Gasteiger charge is -2.26. The highest BCUT2D eigenvalue weighted by Gasteiger charge is 2.25. The fraction of sp³-hybridized carbons (Fsp3) is 0.386. The van der Waals surface area contributed by atoms with Crippen LogP contribution < -0.4 is 9.47 Å². The van der Waals surface area contributed by atoms with E-state index in [0.29, 0.717) is 29.9 Å². The van der Waals surface area contributed by atoms with Crippen molar-refractivity contribution >= 4 is 34.5 Å². The molecule has 1 aliphatic carbocycles. The number of benzene rings is 3. The van der Waals surface area contributed by atoms with E-state index in [0.717, 1.165) is 52.3 Å². The van der Waals surface area contributed by atoms with E-state index in [1.54, 1.807) is 58.2 Å². The Labute approximate surface area is 318 Å². The minimum atomic E-state index is -0.702. The first-order valence-corrected chi connectivity index (χ1v) is 18.8. The molecular weight excluding hydrogens is 681 g/mol. The van der Waals surface area contributed by atoms with E-state index in [4.69, 9.17) is 19.2 Å². The summed E-state index contributed by atoms with van der Waals surface area (Å²) in [6, 6.07) is 21.2. The summed E-state index contributed by atoms with van der Waals surface area (Å²) >= 11 is 0. The summed E-state index contributed by atoms with van der Waals surface area (Å²) in [7, 11) is 1.59. The number of unbranched alkanes of at least 4 members (excludes halogenated alkanes) is 4. The van der Waals surface area contributed by atoms with Crippen molar-refractivity contribution in [2.45, 2.75) is 91.2 Å². The molecule has 1 aromatic heterocycles. The van der Waals surface area contributed by atoms with E-state index >= 15 is 0 Å². The summed E-state index contributed by atoms with van der Waals surface area (Å²) in [5.74, 6) is 1.31. The number of rotatable bonds is 17. The summed E-state index contributed by atoms with van der Waals surface area (Å²) in [6.07, 6.45) is 12.2. The van der Waals surface area contributed by atoms with Gasteiger partial charge < -0.3 is 24.1 Å². The second-order valence-electron chi connectivity index (χ2n) is 14.6. The van der Waals surface area contributed by atoms with Gasteiger partial charge in [-0.1, -0.05) is 69.0 Å². The molecule has 1 N–H and O–H groups in total. The zero-order chi connectivity index (χ0) is 38.5. The third-order valence-electron chi connectivity index (χ3n) is 8.82. The van der Waals surface area contributed by atoms with Crippen molar-refractivity contribution < 1.29 is 28.6 Å². The molecule has 0 unspecified atom stereocenters. The number of esters is 1. The molecule has 1 aliphatic rings. The van der Waals surface area contributed by atoms with Crippen LogP contribution in [0.5, 0.6) is 11.5 Å². The van der Waals surface area contributed by atoms with Crippen molar-refractivity contribution in [3.63, 3.8) is 0 Å². The largest absolute Gasteiger partial charge is 0.497 e. The number of hydrogen-bond donors (Lipinski definition) is 1. The fourth-order valence-electron chi connectivity index (χ4n) is 6.11. The van der Waals surface area contributed by atoms with Crippen LogP contribution in [0.3, 0.4) is 0 Å². The average Bonchev–Trinajstić information content (AvgIpc) is 3.54. The number of imidazole rings is 1. The molecular formula is C44H52N4O6. The number of H-pyrrole nitrogens is 1. The van der Waals surface area contributed by atoms with Crippen molar-refractivity contribution in [2.75, 3.05) is 20.3 Å². The summed E-state index contributed by atoms with van der Waals surface area (Å²) < 4.78 is 16.7. The molecule has 2 amide bonds. The maximum Gasteiger partial charge on any atom is 0.326 e. The number of carbonyl (C=O) groups excluding carboxylic acids is 3. The van der Waals surface area contributed by atoms with Crippen LogP contribution in [0.2, 0.25) is 0 Å². The molecule has 3 aromatic carbocycles. The van der Waals surface area contributed by atoms with Crippen LogP contribution in [0.1, 0.15) is 88.7 Å². The molecule has 1 heterocycles. The first kappa shape index (κ1) is 39.7. The van der Waals surface area contributed by atoms with Gasteiger partial charge in [0.2, 0.25) is 5.91 Å². The third-order valence-corrected chi connectivity index (χ3v) is 8.82. The van der Waals surface area contributed by atoms with Crippen LogP contribution >= 0.6 is 0 Å². The average molecular weight is 733 g/mol. The predicted molar refractivity (Wildman–Crippen MR) is 212 cm³/mol. The molecule has 0 atom stereocenters. The lowest BCUT2D eigenvalue weighted by molar-refractivity contribution is -0.158. The van der Waals surface area contributed by atoms with Crippen molar-refractivity contribution in [1.82, 2.24) is 14.9 Å². The van der Waals surface area contributed by atoms with E-state index in [1.165, 1.54) is 30.6 Å². The number of allylic oxidation sites excluding steroid dienone is 2. The number of aliphatic imine (C=N–C) groups is 1. The zero-order valence-electron chi connectivity index (χ0n) is 32.2. The first-order valence-electron chi connectivity index (χ1n) is 18.8. The lowest BCUT2D eigenvalue weighted by atomic mass is 10.0. The highest BCUT2D eigenvalue weighted by molar-refractivity contribution is 6.08. The van der Waals surface area contributed by atoms with E-state index in [1.807, 2.05) is 42.5 Å². The van der Waals surface area contributed by atoms with E-state index in [-0.39, 0.29) is 31.3 Å². The number of aromatic nitrogens is 2. The SMILES string of the molecule is CCCCCCCOc1ccc(Cc2nc3ccc(CN(CC(=O)OC(C)(C)C)C(=O)C4=CCC(=NC(=O)Cc5ccc(OC)cc5)C=C4)cc3[nH]2)cc1. The zero-order valence-corrected chi connectivity index (χ0v) is 32.2. The van der Waals surface area contributed by atoms with Gasteiger partial charge in [-0.05, 0) is 92.4 Å². The molecule has 0 spiro atoms. The number of fused-ring (bicyclic) bond motifs is 1. The number of hydrogen-bond acceptors (Lipinski definition) is 7. The summed E-state index contributed by atoms with van der Waals surface area (Å²) in [5, 5.41) is 0. The number of methoxy groups -OCH3 is 1. The van der Waals surface area contributed by atoms with E-state index in [9.17, 15) is 14.4 Å². The van der Waals surface area contributed by atoms with Gasteiger partial charge in [0.1, 0.15) is 29.5 Å². The Morgan fingerprint density at radius 3 is 2.26 bits per heavy atom. The molecule has 5 rings (SSSR count).